The lowest BCUT2D eigenvalue weighted by molar-refractivity contribution is 0.556. The molecule has 1 rings (SSSR count). The molecule has 0 atom stereocenters. The first kappa shape index (κ1) is 17.2. The van der Waals surface area contributed by atoms with Crippen LogP contribution in [0, 0.1) is 18.3 Å². The molecule has 0 spiro atoms. The quantitative estimate of drug-likeness (QED) is 0.490. The highest BCUT2D eigenvalue weighted by Crippen LogP contribution is 2.18. The van der Waals surface area contributed by atoms with Crippen LogP contribution in [0.1, 0.15) is 44.7 Å². The van der Waals surface area contributed by atoms with Crippen molar-refractivity contribution in [3.63, 3.8) is 0 Å². The molecule has 1 aromatic rings. The minimum absolute atomic E-state index is 0.129. The van der Waals surface area contributed by atoms with Crippen molar-refractivity contribution in [3.8, 4) is 12.3 Å². The maximum atomic E-state index is 12.6. The number of aryl methyl sites for hydroxylation is 1. The van der Waals surface area contributed by atoms with Crippen molar-refractivity contribution in [1.29, 1.82) is 0 Å². The van der Waals surface area contributed by atoms with Crippen LogP contribution in [-0.2, 0) is 6.42 Å². The van der Waals surface area contributed by atoms with Gasteiger partial charge in [0.05, 0.1) is 5.70 Å². The summed E-state index contributed by atoms with van der Waals surface area (Å²) in [6.45, 7) is 5.66. The van der Waals surface area contributed by atoms with Crippen LogP contribution in [0.4, 0.5) is 4.39 Å². The van der Waals surface area contributed by atoms with E-state index in [1.165, 1.54) is 18.4 Å². The van der Waals surface area contributed by atoms with Crippen molar-refractivity contribution in [3.05, 3.63) is 41.5 Å². The standard InChI is InChI=1S/C19H24FN/c1-5-18(14-20)21-19(6-2)17-12-10-16(11-13-17)9-7-8-15(3)4/h1,6,10-13,15H,7-9,14H2,2-4H3/b19-6?,21-18+. The Morgan fingerprint density at radius 1 is 1.33 bits per heavy atom. The summed E-state index contributed by atoms with van der Waals surface area (Å²) in [5.41, 5.74) is 3.13. The van der Waals surface area contributed by atoms with Crippen LogP contribution in [0.2, 0.25) is 0 Å². The molecule has 112 valence electrons. The third-order valence-corrected chi connectivity index (χ3v) is 3.32. The number of halogens is 1. The highest BCUT2D eigenvalue weighted by Gasteiger charge is 2.02. The number of hydrogen-bond donors (Lipinski definition) is 0. The number of allylic oxidation sites excluding steroid dienone is 1. The number of aliphatic imine (C=N–C) groups is 1. The SMILES string of the molecule is C#C/C(CF)=N\C(=CC)c1ccc(CCCC(C)C)cc1. The van der Waals surface area contributed by atoms with Crippen molar-refractivity contribution < 1.29 is 4.39 Å². The summed E-state index contributed by atoms with van der Waals surface area (Å²) >= 11 is 0. The van der Waals surface area contributed by atoms with Gasteiger partial charge in [0.2, 0.25) is 0 Å². The van der Waals surface area contributed by atoms with Crippen LogP contribution in [0.25, 0.3) is 5.70 Å². The summed E-state index contributed by atoms with van der Waals surface area (Å²) in [5.74, 6) is 3.02. The highest BCUT2D eigenvalue weighted by molar-refractivity contribution is 6.03. The van der Waals surface area contributed by atoms with Gasteiger partial charge in [0.25, 0.3) is 0 Å². The largest absolute Gasteiger partial charge is 0.243 e. The van der Waals surface area contributed by atoms with Crippen LogP contribution < -0.4 is 0 Å². The number of alkyl halides is 1. The normalized spacial score (nSPS) is 12.6. The Morgan fingerprint density at radius 3 is 2.48 bits per heavy atom. The molecule has 0 amide bonds. The monoisotopic (exact) mass is 285 g/mol. The molecule has 0 fully saturated rings. The zero-order chi connectivity index (χ0) is 15.7. The van der Waals surface area contributed by atoms with Gasteiger partial charge in [-0.3, -0.25) is 0 Å². The van der Waals surface area contributed by atoms with Gasteiger partial charge in [0.15, 0.2) is 0 Å². The Labute approximate surface area is 128 Å². The van der Waals surface area contributed by atoms with Gasteiger partial charge in [-0.2, -0.15) is 0 Å². The van der Waals surface area contributed by atoms with Gasteiger partial charge in [-0.15, -0.1) is 6.42 Å². The number of rotatable bonds is 7. The Balaban J connectivity index is 2.77. The van der Waals surface area contributed by atoms with E-state index in [4.69, 9.17) is 6.42 Å². The summed E-state index contributed by atoms with van der Waals surface area (Å²) in [4.78, 5) is 4.18. The van der Waals surface area contributed by atoms with E-state index in [-0.39, 0.29) is 5.71 Å². The second kappa shape index (κ2) is 9.13. The van der Waals surface area contributed by atoms with Crippen LogP contribution in [0.15, 0.2) is 35.3 Å². The third kappa shape index (κ3) is 5.95. The molecule has 0 saturated heterocycles. The molecule has 0 aliphatic carbocycles. The molecule has 0 saturated carbocycles. The second-order valence-electron chi connectivity index (χ2n) is 5.49. The number of nitrogens with zero attached hydrogens (tertiary/aromatic N) is 1. The lowest BCUT2D eigenvalue weighted by atomic mass is 10.0. The molecule has 0 aliphatic rings. The number of hydrogen-bond acceptors (Lipinski definition) is 1. The molecule has 1 nitrogen and oxygen atoms in total. The van der Waals surface area contributed by atoms with Crippen LogP contribution in [0.3, 0.4) is 0 Å². The van der Waals surface area contributed by atoms with E-state index in [1.807, 2.05) is 25.1 Å². The zero-order valence-electron chi connectivity index (χ0n) is 13.2. The molecule has 21 heavy (non-hydrogen) atoms. The van der Waals surface area contributed by atoms with E-state index in [1.54, 1.807) is 0 Å². The van der Waals surface area contributed by atoms with E-state index in [9.17, 15) is 4.39 Å². The average Bonchev–Trinajstić information content (AvgIpc) is 2.49. The first-order valence-corrected chi connectivity index (χ1v) is 7.46. The fourth-order valence-corrected chi connectivity index (χ4v) is 2.10. The molecule has 0 radical (unpaired) electrons. The number of benzene rings is 1. The van der Waals surface area contributed by atoms with Crippen molar-refractivity contribution in [1.82, 2.24) is 0 Å². The molecular weight excluding hydrogens is 261 g/mol. The first-order valence-electron chi connectivity index (χ1n) is 7.46. The van der Waals surface area contributed by atoms with E-state index >= 15 is 0 Å². The van der Waals surface area contributed by atoms with Crippen molar-refractivity contribution in [2.45, 2.75) is 40.0 Å². The lowest BCUT2D eigenvalue weighted by Crippen LogP contribution is -1.97. The van der Waals surface area contributed by atoms with Gasteiger partial charge >= 0.3 is 0 Å². The van der Waals surface area contributed by atoms with Gasteiger partial charge in [-0.05, 0) is 36.8 Å². The summed E-state index contributed by atoms with van der Waals surface area (Å²) in [7, 11) is 0. The fraction of sp³-hybridized carbons (Fsp3) is 0.421. The molecule has 0 aliphatic heterocycles. The van der Waals surface area contributed by atoms with Gasteiger partial charge in [0.1, 0.15) is 12.4 Å². The fourth-order valence-electron chi connectivity index (χ4n) is 2.10. The molecular formula is C19H24FN. The Bertz CT molecular complexity index is 530. The third-order valence-electron chi connectivity index (χ3n) is 3.32. The number of terminal acetylenes is 1. The summed E-state index contributed by atoms with van der Waals surface area (Å²) in [6, 6.07) is 8.27. The topological polar surface area (TPSA) is 12.4 Å². The van der Waals surface area contributed by atoms with Crippen molar-refractivity contribution in [2.75, 3.05) is 6.67 Å². The first-order chi connectivity index (χ1) is 10.1. The lowest BCUT2D eigenvalue weighted by Gasteiger charge is -2.07. The molecule has 0 heterocycles. The van der Waals surface area contributed by atoms with E-state index in [0.717, 1.165) is 17.9 Å². The molecule has 0 bridgehead atoms. The molecule has 0 unspecified atom stereocenters. The summed E-state index contributed by atoms with van der Waals surface area (Å²) in [6.07, 6.45) is 10.6. The molecule has 2 heteroatoms. The molecule has 1 aromatic carbocycles. The van der Waals surface area contributed by atoms with Gasteiger partial charge in [-0.25, -0.2) is 9.38 Å². The summed E-state index contributed by atoms with van der Waals surface area (Å²) < 4.78 is 12.6. The van der Waals surface area contributed by atoms with Gasteiger partial charge < -0.3 is 0 Å². The maximum Gasteiger partial charge on any atom is 0.140 e. The smallest absolute Gasteiger partial charge is 0.140 e. The van der Waals surface area contributed by atoms with Crippen LogP contribution in [-0.4, -0.2) is 12.4 Å². The molecule has 0 N–H and O–H groups in total. The second-order valence-corrected chi connectivity index (χ2v) is 5.49. The summed E-state index contributed by atoms with van der Waals surface area (Å²) in [5, 5.41) is 0. The Morgan fingerprint density at radius 2 is 2.00 bits per heavy atom. The van der Waals surface area contributed by atoms with Crippen molar-refractivity contribution in [2.24, 2.45) is 10.9 Å². The Kier molecular flexibility index (Phi) is 7.46. The predicted molar refractivity (Wildman–Crippen MR) is 90.1 cm³/mol. The maximum absolute atomic E-state index is 12.6. The predicted octanol–water partition coefficient (Wildman–Crippen LogP) is 5.07. The minimum Gasteiger partial charge on any atom is -0.243 e. The molecule has 0 aromatic heterocycles. The average molecular weight is 285 g/mol. The zero-order valence-corrected chi connectivity index (χ0v) is 13.2. The van der Waals surface area contributed by atoms with Crippen LogP contribution >= 0.6 is 0 Å². The van der Waals surface area contributed by atoms with E-state index < -0.39 is 6.67 Å². The van der Waals surface area contributed by atoms with Gasteiger partial charge in [-0.1, -0.05) is 56.5 Å². The minimum atomic E-state index is -0.707. The van der Waals surface area contributed by atoms with Gasteiger partial charge in [0, 0.05) is 0 Å². The van der Waals surface area contributed by atoms with Crippen LogP contribution in [0.5, 0.6) is 0 Å². The van der Waals surface area contributed by atoms with E-state index in [0.29, 0.717) is 5.70 Å². The van der Waals surface area contributed by atoms with Crippen molar-refractivity contribution >= 4 is 11.4 Å². The Hall–Kier alpha value is -1.88. The van der Waals surface area contributed by atoms with E-state index in [2.05, 4.69) is 36.9 Å². The highest BCUT2D eigenvalue weighted by atomic mass is 19.1.